The van der Waals surface area contributed by atoms with Crippen LogP contribution in [-0.4, -0.2) is 25.5 Å². The normalized spacial score (nSPS) is 19.0. The molecule has 1 amide bonds. The highest BCUT2D eigenvalue weighted by atomic mass is 16.1. The number of carbonyl (C=O) groups excluding carboxylic acids is 1. The Morgan fingerprint density at radius 2 is 1.91 bits per heavy atom. The molecule has 2 aliphatic rings. The Hall–Kier alpha value is -1.87. The maximum absolute atomic E-state index is 12.3. The van der Waals surface area contributed by atoms with E-state index in [0.717, 1.165) is 25.2 Å². The molecule has 120 valence electrons. The van der Waals surface area contributed by atoms with Crippen molar-refractivity contribution in [1.29, 1.82) is 0 Å². The topological polar surface area (TPSA) is 41.1 Å². The lowest BCUT2D eigenvalue weighted by Gasteiger charge is -2.24. The number of benzene rings is 2. The first-order valence-corrected chi connectivity index (χ1v) is 8.83. The summed E-state index contributed by atoms with van der Waals surface area (Å²) < 4.78 is 0. The highest BCUT2D eigenvalue weighted by Crippen LogP contribution is 2.32. The van der Waals surface area contributed by atoms with Gasteiger partial charge in [-0.1, -0.05) is 24.3 Å². The SMILES string of the molecule is O=C(NCC1CC1)c1ccc2c(C3CCNCC3)cccc2c1. The molecule has 0 spiro atoms. The molecule has 3 nitrogen and oxygen atoms in total. The molecular weight excluding hydrogens is 284 g/mol. The van der Waals surface area contributed by atoms with Gasteiger partial charge in [0.25, 0.3) is 5.91 Å². The average Bonchev–Trinajstić information content (AvgIpc) is 3.44. The van der Waals surface area contributed by atoms with Gasteiger partial charge >= 0.3 is 0 Å². The fraction of sp³-hybridized carbons (Fsp3) is 0.450. The highest BCUT2D eigenvalue weighted by Gasteiger charge is 2.22. The van der Waals surface area contributed by atoms with Gasteiger partial charge in [-0.2, -0.15) is 0 Å². The zero-order valence-corrected chi connectivity index (χ0v) is 13.5. The van der Waals surface area contributed by atoms with Crippen LogP contribution in [-0.2, 0) is 0 Å². The Labute approximate surface area is 137 Å². The molecule has 2 fully saturated rings. The lowest BCUT2D eigenvalue weighted by molar-refractivity contribution is 0.0952. The Morgan fingerprint density at radius 3 is 2.70 bits per heavy atom. The quantitative estimate of drug-likeness (QED) is 0.908. The van der Waals surface area contributed by atoms with Crippen LogP contribution in [0.5, 0.6) is 0 Å². The van der Waals surface area contributed by atoms with Crippen molar-refractivity contribution in [3.8, 4) is 0 Å². The van der Waals surface area contributed by atoms with E-state index in [9.17, 15) is 4.79 Å². The fourth-order valence-corrected chi connectivity index (χ4v) is 3.60. The molecule has 0 aromatic heterocycles. The molecule has 0 radical (unpaired) electrons. The van der Waals surface area contributed by atoms with Crippen LogP contribution in [0, 0.1) is 5.92 Å². The smallest absolute Gasteiger partial charge is 0.251 e. The number of hydrogen-bond acceptors (Lipinski definition) is 2. The standard InChI is InChI=1S/C20H24N2O/c23-20(22-13-14-4-5-14)17-6-7-19-16(12-17)2-1-3-18(19)15-8-10-21-11-9-15/h1-3,6-7,12,14-15,21H,4-5,8-11,13H2,(H,22,23). The molecule has 4 rings (SSSR count). The summed E-state index contributed by atoms with van der Waals surface area (Å²) in [6, 6.07) is 12.7. The molecule has 2 N–H and O–H groups in total. The molecule has 0 unspecified atom stereocenters. The van der Waals surface area contributed by atoms with E-state index in [-0.39, 0.29) is 5.91 Å². The molecule has 1 heterocycles. The van der Waals surface area contributed by atoms with Crippen LogP contribution in [0.15, 0.2) is 36.4 Å². The third-order valence-corrected chi connectivity index (χ3v) is 5.20. The largest absolute Gasteiger partial charge is 0.352 e. The Bertz CT molecular complexity index is 715. The number of hydrogen-bond donors (Lipinski definition) is 2. The van der Waals surface area contributed by atoms with Gasteiger partial charge in [0.15, 0.2) is 0 Å². The maximum atomic E-state index is 12.3. The van der Waals surface area contributed by atoms with E-state index >= 15 is 0 Å². The van der Waals surface area contributed by atoms with Gasteiger partial charge in [0.05, 0.1) is 0 Å². The van der Waals surface area contributed by atoms with Gasteiger partial charge in [-0.3, -0.25) is 4.79 Å². The summed E-state index contributed by atoms with van der Waals surface area (Å²) in [6.45, 7) is 3.03. The monoisotopic (exact) mass is 308 g/mol. The minimum atomic E-state index is 0.0612. The Morgan fingerprint density at radius 1 is 1.09 bits per heavy atom. The number of rotatable bonds is 4. The van der Waals surface area contributed by atoms with E-state index in [4.69, 9.17) is 0 Å². The van der Waals surface area contributed by atoms with Crippen molar-refractivity contribution in [2.24, 2.45) is 5.92 Å². The van der Waals surface area contributed by atoms with Crippen molar-refractivity contribution < 1.29 is 4.79 Å². The van der Waals surface area contributed by atoms with Gasteiger partial charge in [0.1, 0.15) is 0 Å². The van der Waals surface area contributed by atoms with E-state index in [1.54, 1.807) is 0 Å². The summed E-state index contributed by atoms with van der Waals surface area (Å²) in [4.78, 5) is 12.3. The van der Waals surface area contributed by atoms with E-state index in [1.165, 1.54) is 42.0 Å². The molecule has 2 aromatic rings. The number of amides is 1. The minimum Gasteiger partial charge on any atom is -0.352 e. The predicted octanol–water partition coefficient (Wildman–Crippen LogP) is 3.45. The molecule has 0 bridgehead atoms. The molecule has 1 aliphatic heterocycles. The second kappa shape index (κ2) is 6.32. The first-order valence-electron chi connectivity index (χ1n) is 8.83. The van der Waals surface area contributed by atoms with Crippen LogP contribution < -0.4 is 10.6 Å². The first kappa shape index (κ1) is 14.7. The van der Waals surface area contributed by atoms with Crippen LogP contribution in [0.2, 0.25) is 0 Å². The number of piperidine rings is 1. The van der Waals surface area contributed by atoms with E-state index in [2.05, 4.69) is 34.9 Å². The second-order valence-electron chi connectivity index (χ2n) is 6.96. The zero-order valence-electron chi connectivity index (χ0n) is 13.5. The average molecular weight is 308 g/mol. The van der Waals surface area contributed by atoms with Crippen molar-refractivity contribution >= 4 is 16.7 Å². The Kier molecular flexibility index (Phi) is 4.04. The van der Waals surface area contributed by atoms with Gasteiger partial charge < -0.3 is 10.6 Å². The number of fused-ring (bicyclic) bond motifs is 1. The van der Waals surface area contributed by atoms with Crippen molar-refractivity contribution in [2.45, 2.75) is 31.6 Å². The summed E-state index contributed by atoms with van der Waals surface area (Å²) in [5, 5.41) is 8.97. The highest BCUT2D eigenvalue weighted by molar-refractivity contribution is 5.99. The van der Waals surface area contributed by atoms with E-state index < -0.39 is 0 Å². The van der Waals surface area contributed by atoms with Crippen LogP contribution in [0.25, 0.3) is 10.8 Å². The molecule has 0 atom stereocenters. The van der Waals surface area contributed by atoms with E-state index in [1.807, 2.05) is 12.1 Å². The maximum Gasteiger partial charge on any atom is 0.251 e. The van der Waals surface area contributed by atoms with Gasteiger partial charge in [-0.25, -0.2) is 0 Å². The van der Waals surface area contributed by atoms with Gasteiger partial charge in [0.2, 0.25) is 0 Å². The molecule has 1 aliphatic carbocycles. The van der Waals surface area contributed by atoms with Crippen LogP contribution in [0.3, 0.4) is 0 Å². The minimum absolute atomic E-state index is 0.0612. The van der Waals surface area contributed by atoms with Gasteiger partial charge in [-0.05, 0) is 79.1 Å². The van der Waals surface area contributed by atoms with Crippen molar-refractivity contribution in [1.82, 2.24) is 10.6 Å². The summed E-state index contributed by atoms with van der Waals surface area (Å²) in [5.41, 5.74) is 2.22. The summed E-state index contributed by atoms with van der Waals surface area (Å²) in [6.07, 6.45) is 4.92. The van der Waals surface area contributed by atoms with Crippen molar-refractivity contribution in [2.75, 3.05) is 19.6 Å². The van der Waals surface area contributed by atoms with Gasteiger partial charge in [0, 0.05) is 12.1 Å². The predicted molar refractivity (Wildman–Crippen MR) is 93.8 cm³/mol. The lowest BCUT2D eigenvalue weighted by atomic mass is 9.86. The van der Waals surface area contributed by atoms with Crippen molar-refractivity contribution in [3.63, 3.8) is 0 Å². The molecule has 3 heteroatoms. The molecular formula is C20H24N2O. The molecule has 1 saturated heterocycles. The number of carbonyl (C=O) groups is 1. The number of nitrogens with one attached hydrogen (secondary N) is 2. The van der Waals surface area contributed by atoms with Gasteiger partial charge in [-0.15, -0.1) is 0 Å². The Balaban J connectivity index is 1.59. The molecule has 2 aromatic carbocycles. The molecule has 1 saturated carbocycles. The van der Waals surface area contributed by atoms with Crippen LogP contribution in [0.4, 0.5) is 0 Å². The third-order valence-electron chi connectivity index (χ3n) is 5.20. The third kappa shape index (κ3) is 3.25. The summed E-state index contributed by atoms with van der Waals surface area (Å²) in [7, 11) is 0. The summed E-state index contributed by atoms with van der Waals surface area (Å²) >= 11 is 0. The lowest BCUT2D eigenvalue weighted by Crippen LogP contribution is -2.26. The summed E-state index contributed by atoms with van der Waals surface area (Å²) in [5.74, 6) is 1.41. The second-order valence-corrected chi connectivity index (χ2v) is 6.96. The molecule has 23 heavy (non-hydrogen) atoms. The van der Waals surface area contributed by atoms with E-state index in [0.29, 0.717) is 11.8 Å². The fourth-order valence-electron chi connectivity index (χ4n) is 3.60. The van der Waals surface area contributed by atoms with Crippen LogP contribution in [0.1, 0.15) is 47.5 Å². The van der Waals surface area contributed by atoms with Crippen LogP contribution >= 0.6 is 0 Å². The first-order chi connectivity index (χ1) is 11.3. The zero-order chi connectivity index (χ0) is 15.6. The van der Waals surface area contributed by atoms with Crippen molar-refractivity contribution in [3.05, 3.63) is 47.5 Å².